The first-order chi connectivity index (χ1) is 8.20. The maximum atomic E-state index is 11.5. The van der Waals surface area contributed by atoms with Crippen molar-refractivity contribution in [3.05, 3.63) is 0 Å². The van der Waals surface area contributed by atoms with Crippen LogP contribution in [0.5, 0.6) is 0 Å². The summed E-state index contributed by atoms with van der Waals surface area (Å²) in [7, 11) is 0. The molecule has 0 aromatic heterocycles. The van der Waals surface area contributed by atoms with E-state index in [2.05, 4.69) is 5.10 Å². The van der Waals surface area contributed by atoms with E-state index < -0.39 is 0 Å². The Balaban J connectivity index is 1.61. The van der Waals surface area contributed by atoms with Gasteiger partial charge >= 0.3 is 0 Å². The van der Waals surface area contributed by atoms with Gasteiger partial charge < -0.3 is 5.73 Å². The predicted molar refractivity (Wildman–Crippen MR) is 64.2 cm³/mol. The molecule has 1 aliphatic heterocycles. The maximum absolute atomic E-state index is 11.5. The summed E-state index contributed by atoms with van der Waals surface area (Å²) in [5.41, 5.74) is 5.62. The fourth-order valence-electron chi connectivity index (χ4n) is 5.01. The number of nitrogens with two attached hydrogens (primary N) is 1. The first-order valence-corrected chi connectivity index (χ1v) is 6.84. The van der Waals surface area contributed by atoms with E-state index in [4.69, 9.17) is 5.73 Å². The van der Waals surface area contributed by atoms with E-state index in [1.54, 1.807) is 0 Å². The standard InChI is InChI=1S/C13H19N3O/c14-13-11(17)6-16(15-13)12-9-2-7-1-8(4-9)5-10(12)3-7/h7-10,12H,1-6H2,(H2,14,15). The van der Waals surface area contributed by atoms with Gasteiger partial charge in [-0.2, -0.15) is 5.10 Å². The molecule has 4 aliphatic carbocycles. The van der Waals surface area contributed by atoms with Crippen LogP contribution < -0.4 is 5.73 Å². The Hall–Kier alpha value is -1.06. The van der Waals surface area contributed by atoms with Crippen molar-refractivity contribution in [1.29, 1.82) is 0 Å². The van der Waals surface area contributed by atoms with E-state index in [0.717, 1.165) is 23.7 Å². The second kappa shape index (κ2) is 3.24. The number of rotatable bonds is 1. The zero-order chi connectivity index (χ0) is 11.6. The normalized spacial score (nSPS) is 47.8. The summed E-state index contributed by atoms with van der Waals surface area (Å²) in [6.45, 7) is 0.429. The number of Topliss-reactive ketones (excluding diaryl/α,β-unsaturated/α-hetero) is 1. The third-order valence-corrected chi connectivity index (χ3v) is 5.35. The molecule has 0 unspecified atom stereocenters. The number of carbonyl (C=O) groups is 1. The lowest BCUT2D eigenvalue weighted by molar-refractivity contribution is -0.115. The van der Waals surface area contributed by atoms with E-state index in [1.807, 2.05) is 5.01 Å². The Morgan fingerprint density at radius 3 is 2.12 bits per heavy atom. The van der Waals surface area contributed by atoms with Crippen LogP contribution in [0.1, 0.15) is 32.1 Å². The van der Waals surface area contributed by atoms with Crippen LogP contribution >= 0.6 is 0 Å². The smallest absolute Gasteiger partial charge is 0.220 e. The van der Waals surface area contributed by atoms with Crippen molar-refractivity contribution >= 4 is 11.6 Å². The molecule has 17 heavy (non-hydrogen) atoms. The third kappa shape index (κ3) is 1.36. The van der Waals surface area contributed by atoms with Gasteiger partial charge in [0.05, 0.1) is 6.04 Å². The van der Waals surface area contributed by atoms with Gasteiger partial charge in [-0.05, 0) is 55.8 Å². The second-order valence-corrected chi connectivity index (χ2v) is 6.43. The Bertz CT molecular complexity index is 375. The van der Waals surface area contributed by atoms with Crippen molar-refractivity contribution in [3.8, 4) is 0 Å². The molecule has 1 heterocycles. The van der Waals surface area contributed by atoms with E-state index in [-0.39, 0.29) is 11.6 Å². The second-order valence-electron chi connectivity index (χ2n) is 6.43. The van der Waals surface area contributed by atoms with Gasteiger partial charge in [0.25, 0.3) is 0 Å². The summed E-state index contributed by atoms with van der Waals surface area (Å²) in [4.78, 5) is 11.5. The van der Waals surface area contributed by atoms with Crippen molar-refractivity contribution < 1.29 is 4.79 Å². The molecule has 0 radical (unpaired) electrons. The van der Waals surface area contributed by atoms with Crippen molar-refractivity contribution in [2.24, 2.45) is 34.5 Å². The number of nitrogens with zero attached hydrogens (tertiary/aromatic N) is 2. The summed E-state index contributed by atoms with van der Waals surface area (Å²) >= 11 is 0. The Morgan fingerprint density at radius 1 is 1.06 bits per heavy atom. The molecule has 0 aromatic rings. The van der Waals surface area contributed by atoms with Crippen LogP contribution in [-0.4, -0.2) is 29.2 Å². The first kappa shape index (κ1) is 9.92. The molecule has 92 valence electrons. The Labute approximate surface area is 101 Å². The number of carbonyl (C=O) groups excluding carboxylic acids is 1. The zero-order valence-corrected chi connectivity index (χ0v) is 10.0. The van der Waals surface area contributed by atoms with Crippen molar-refractivity contribution in [2.75, 3.05) is 6.54 Å². The maximum Gasteiger partial charge on any atom is 0.220 e. The molecule has 4 nitrogen and oxygen atoms in total. The van der Waals surface area contributed by atoms with Crippen LogP contribution in [0, 0.1) is 23.7 Å². The minimum Gasteiger partial charge on any atom is -0.379 e. The highest BCUT2D eigenvalue weighted by Gasteiger charge is 2.51. The number of hydrazone groups is 1. The molecule has 0 saturated heterocycles. The predicted octanol–water partition coefficient (Wildman–Crippen LogP) is 0.968. The molecule has 4 heteroatoms. The number of ketones is 1. The van der Waals surface area contributed by atoms with Crippen LogP contribution in [0.2, 0.25) is 0 Å². The first-order valence-electron chi connectivity index (χ1n) is 6.84. The van der Waals surface area contributed by atoms with Gasteiger partial charge in [-0.15, -0.1) is 0 Å². The van der Waals surface area contributed by atoms with E-state index in [0.29, 0.717) is 12.6 Å². The van der Waals surface area contributed by atoms with Gasteiger partial charge in [0.1, 0.15) is 6.54 Å². The summed E-state index contributed by atoms with van der Waals surface area (Å²) in [5.74, 6) is 3.71. The summed E-state index contributed by atoms with van der Waals surface area (Å²) in [5, 5.41) is 6.31. The molecule has 5 rings (SSSR count). The van der Waals surface area contributed by atoms with Gasteiger partial charge in [0.2, 0.25) is 5.78 Å². The van der Waals surface area contributed by atoms with Crippen molar-refractivity contribution in [3.63, 3.8) is 0 Å². The Kier molecular flexibility index (Phi) is 1.89. The number of amidine groups is 1. The summed E-state index contributed by atoms with van der Waals surface area (Å²) < 4.78 is 0. The minimum atomic E-state index is 0.0128. The molecule has 4 fully saturated rings. The summed E-state index contributed by atoms with van der Waals surface area (Å²) in [6.07, 6.45) is 6.90. The molecule has 4 bridgehead atoms. The van der Waals surface area contributed by atoms with Gasteiger partial charge in [0.15, 0.2) is 5.84 Å². The monoisotopic (exact) mass is 233 g/mol. The molecule has 5 aliphatic rings. The van der Waals surface area contributed by atoms with Gasteiger partial charge in [-0.3, -0.25) is 9.80 Å². The quantitative estimate of drug-likeness (QED) is 0.734. The average Bonchev–Trinajstić information content (AvgIpc) is 2.57. The van der Waals surface area contributed by atoms with Crippen LogP contribution in [0.25, 0.3) is 0 Å². The number of hydrogen-bond acceptors (Lipinski definition) is 4. The van der Waals surface area contributed by atoms with Crippen molar-refractivity contribution in [1.82, 2.24) is 5.01 Å². The minimum absolute atomic E-state index is 0.0128. The highest BCUT2D eigenvalue weighted by Crippen LogP contribution is 2.55. The highest BCUT2D eigenvalue weighted by molar-refractivity contribution is 6.40. The molecular weight excluding hydrogens is 214 g/mol. The molecule has 2 N–H and O–H groups in total. The highest BCUT2D eigenvalue weighted by atomic mass is 16.1. The molecule has 0 aromatic carbocycles. The molecule has 0 atom stereocenters. The zero-order valence-electron chi connectivity index (χ0n) is 10.0. The van der Waals surface area contributed by atoms with Crippen LogP contribution in [-0.2, 0) is 4.79 Å². The van der Waals surface area contributed by atoms with E-state index in [1.165, 1.54) is 32.1 Å². The van der Waals surface area contributed by atoms with E-state index >= 15 is 0 Å². The molecule has 0 spiro atoms. The fourth-order valence-corrected chi connectivity index (χ4v) is 5.01. The van der Waals surface area contributed by atoms with Gasteiger partial charge in [-0.1, -0.05) is 0 Å². The SMILES string of the molecule is NC1=NN(C2C3CC4CC(C3)CC2C4)CC1=O. The topological polar surface area (TPSA) is 58.7 Å². The van der Waals surface area contributed by atoms with Gasteiger partial charge in [-0.25, -0.2) is 0 Å². The third-order valence-electron chi connectivity index (χ3n) is 5.35. The van der Waals surface area contributed by atoms with Crippen LogP contribution in [0.15, 0.2) is 5.10 Å². The average molecular weight is 233 g/mol. The van der Waals surface area contributed by atoms with Crippen molar-refractivity contribution in [2.45, 2.75) is 38.1 Å². The Morgan fingerprint density at radius 2 is 1.65 bits per heavy atom. The van der Waals surface area contributed by atoms with E-state index in [9.17, 15) is 4.79 Å². The molecule has 0 amide bonds. The summed E-state index contributed by atoms with van der Waals surface area (Å²) in [6, 6.07) is 0.507. The number of hydrogen-bond donors (Lipinski definition) is 1. The molecular formula is C13H19N3O. The molecule has 4 saturated carbocycles. The fraction of sp³-hybridized carbons (Fsp3) is 0.846. The lowest BCUT2D eigenvalue weighted by Crippen LogP contribution is -2.54. The lowest BCUT2D eigenvalue weighted by atomic mass is 9.54. The lowest BCUT2D eigenvalue weighted by Gasteiger charge is -2.55. The van der Waals surface area contributed by atoms with Crippen LogP contribution in [0.4, 0.5) is 0 Å². The van der Waals surface area contributed by atoms with Crippen LogP contribution in [0.3, 0.4) is 0 Å². The van der Waals surface area contributed by atoms with Gasteiger partial charge in [0, 0.05) is 0 Å². The largest absolute Gasteiger partial charge is 0.379 e.